The van der Waals surface area contributed by atoms with Gasteiger partial charge in [-0.3, -0.25) is 0 Å². The fourth-order valence-electron chi connectivity index (χ4n) is 1.51. The summed E-state index contributed by atoms with van der Waals surface area (Å²) < 4.78 is 10.0. The second-order valence-corrected chi connectivity index (χ2v) is 3.82. The molecule has 0 spiro atoms. The molecule has 0 aliphatic carbocycles. The van der Waals surface area contributed by atoms with Crippen LogP contribution in [-0.4, -0.2) is 87.3 Å². The maximum absolute atomic E-state index is 9.56. The smallest absolute Gasteiger partial charge is 0.187 e. The molecule has 2 unspecified atom stereocenters. The van der Waals surface area contributed by atoms with Gasteiger partial charge in [-0.2, -0.15) is 0 Å². The Hall–Kier alpha value is -0.320. The van der Waals surface area contributed by atoms with Gasteiger partial charge in [0.2, 0.25) is 0 Å². The molecule has 0 saturated carbocycles. The molecule has 6 N–H and O–H groups in total. The zero-order chi connectivity index (χ0) is 13.0. The number of rotatable bonds is 5. The van der Waals surface area contributed by atoms with Crippen molar-refractivity contribution in [3.05, 3.63) is 0 Å². The summed E-state index contributed by atoms with van der Waals surface area (Å²) in [5.41, 5.74) is 0. The molecule has 1 fully saturated rings. The monoisotopic (exact) mass is 254 g/mol. The van der Waals surface area contributed by atoms with Crippen LogP contribution < -0.4 is 0 Å². The van der Waals surface area contributed by atoms with Crippen molar-refractivity contribution in [2.75, 3.05) is 19.8 Å². The van der Waals surface area contributed by atoms with Crippen LogP contribution in [0.1, 0.15) is 0 Å². The van der Waals surface area contributed by atoms with Crippen LogP contribution in [0.25, 0.3) is 0 Å². The maximum Gasteiger partial charge on any atom is 0.187 e. The van der Waals surface area contributed by atoms with Crippen molar-refractivity contribution in [1.29, 1.82) is 0 Å². The van der Waals surface area contributed by atoms with E-state index in [0.717, 1.165) is 0 Å². The number of hydrogen-bond acceptors (Lipinski definition) is 8. The van der Waals surface area contributed by atoms with Gasteiger partial charge in [0.15, 0.2) is 6.29 Å². The van der Waals surface area contributed by atoms with Crippen molar-refractivity contribution < 1.29 is 40.1 Å². The Bertz CT molecular complexity index is 217. The second-order valence-electron chi connectivity index (χ2n) is 3.82. The van der Waals surface area contributed by atoms with E-state index in [4.69, 9.17) is 24.8 Å². The van der Waals surface area contributed by atoms with E-state index < -0.39 is 56.6 Å². The fraction of sp³-hybridized carbons (Fsp3) is 1.00. The van der Waals surface area contributed by atoms with Gasteiger partial charge in [0.05, 0.1) is 19.8 Å². The van der Waals surface area contributed by atoms with Gasteiger partial charge in [0, 0.05) is 0 Å². The summed E-state index contributed by atoms with van der Waals surface area (Å²) in [6.07, 6.45) is -7.92. The average molecular weight is 254 g/mol. The lowest BCUT2D eigenvalue weighted by atomic mass is 9.99. The Morgan fingerprint density at radius 1 is 0.941 bits per heavy atom. The molecule has 1 rings (SSSR count). The normalized spacial score (nSPS) is 38.6. The van der Waals surface area contributed by atoms with Gasteiger partial charge in [-0.25, -0.2) is 0 Å². The second kappa shape index (κ2) is 6.57. The van der Waals surface area contributed by atoms with Crippen molar-refractivity contribution in [3.63, 3.8) is 0 Å². The van der Waals surface area contributed by atoms with E-state index >= 15 is 0 Å². The summed E-state index contributed by atoms with van der Waals surface area (Å²) in [4.78, 5) is 0. The van der Waals surface area contributed by atoms with Crippen LogP contribution in [0.3, 0.4) is 0 Å². The minimum atomic E-state index is -1.54. The molecular weight excluding hydrogens is 236 g/mol. The molecule has 0 aromatic carbocycles. The van der Waals surface area contributed by atoms with E-state index in [-0.39, 0.29) is 0 Å². The zero-order valence-electron chi connectivity index (χ0n) is 9.09. The minimum Gasteiger partial charge on any atom is -0.394 e. The third kappa shape index (κ3) is 3.33. The number of hydrogen-bond donors (Lipinski definition) is 6. The third-order valence-electron chi connectivity index (χ3n) is 2.58. The summed E-state index contributed by atoms with van der Waals surface area (Å²) >= 11 is 0. The molecule has 0 aromatic rings. The SMILES string of the molecule is OCC(CO)O[C@@H]1OC(CO)[C@@H](O)[C@H](O)C1O. The van der Waals surface area contributed by atoms with Gasteiger partial charge in [0.25, 0.3) is 0 Å². The molecule has 1 aliphatic rings. The molecule has 1 saturated heterocycles. The van der Waals surface area contributed by atoms with Crippen LogP contribution in [0, 0.1) is 0 Å². The van der Waals surface area contributed by atoms with Crippen molar-refractivity contribution in [2.24, 2.45) is 0 Å². The predicted molar refractivity (Wildman–Crippen MR) is 52.8 cm³/mol. The molecule has 0 bridgehead atoms. The third-order valence-corrected chi connectivity index (χ3v) is 2.58. The van der Waals surface area contributed by atoms with Crippen LogP contribution in [-0.2, 0) is 9.47 Å². The first kappa shape index (κ1) is 14.7. The van der Waals surface area contributed by atoms with Gasteiger partial charge in [-0.05, 0) is 0 Å². The van der Waals surface area contributed by atoms with Crippen LogP contribution in [0.15, 0.2) is 0 Å². The van der Waals surface area contributed by atoms with Crippen molar-refractivity contribution in [1.82, 2.24) is 0 Å². The lowest BCUT2D eigenvalue weighted by Crippen LogP contribution is -2.60. The number of aliphatic hydroxyl groups excluding tert-OH is 6. The number of ether oxygens (including phenoxy) is 2. The van der Waals surface area contributed by atoms with Crippen molar-refractivity contribution in [3.8, 4) is 0 Å². The zero-order valence-corrected chi connectivity index (χ0v) is 9.09. The van der Waals surface area contributed by atoms with Gasteiger partial charge in [-0.1, -0.05) is 0 Å². The maximum atomic E-state index is 9.56. The first-order chi connectivity index (χ1) is 8.04. The van der Waals surface area contributed by atoms with Crippen LogP contribution in [0.4, 0.5) is 0 Å². The lowest BCUT2D eigenvalue weighted by Gasteiger charge is -2.40. The van der Waals surface area contributed by atoms with Gasteiger partial charge in [0.1, 0.15) is 30.5 Å². The van der Waals surface area contributed by atoms with Gasteiger partial charge in [-0.15, -0.1) is 0 Å². The van der Waals surface area contributed by atoms with E-state index in [9.17, 15) is 15.3 Å². The summed E-state index contributed by atoms with van der Waals surface area (Å²) in [7, 11) is 0. The molecule has 17 heavy (non-hydrogen) atoms. The molecular formula is C9H18O8. The van der Waals surface area contributed by atoms with Gasteiger partial charge < -0.3 is 40.1 Å². The molecule has 8 heteroatoms. The van der Waals surface area contributed by atoms with Crippen molar-refractivity contribution >= 4 is 0 Å². The quantitative estimate of drug-likeness (QED) is 0.293. The Kier molecular flexibility index (Phi) is 5.70. The van der Waals surface area contributed by atoms with Crippen LogP contribution in [0.5, 0.6) is 0 Å². The fourth-order valence-corrected chi connectivity index (χ4v) is 1.51. The highest BCUT2D eigenvalue weighted by Gasteiger charge is 2.44. The molecule has 8 nitrogen and oxygen atoms in total. The van der Waals surface area contributed by atoms with Crippen molar-refractivity contribution in [2.45, 2.75) is 36.8 Å². The topological polar surface area (TPSA) is 140 Å². The lowest BCUT2D eigenvalue weighted by molar-refractivity contribution is -0.315. The van der Waals surface area contributed by atoms with E-state index in [2.05, 4.69) is 0 Å². The summed E-state index contributed by atoms with van der Waals surface area (Å²) in [6.45, 7) is -1.55. The molecule has 102 valence electrons. The average Bonchev–Trinajstić information content (AvgIpc) is 2.35. The molecule has 5 atom stereocenters. The van der Waals surface area contributed by atoms with Crippen LogP contribution >= 0.6 is 0 Å². The molecule has 0 amide bonds. The molecule has 1 aliphatic heterocycles. The largest absolute Gasteiger partial charge is 0.394 e. The van der Waals surface area contributed by atoms with E-state index in [1.807, 2.05) is 0 Å². The highest BCUT2D eigenvalue weighted by molar-refractivity contribution is 4.89. The highest BCUT2D eigenvalue weighted by atomic mass is 16.7. The molecule has 1 heterocycles. The van der Waals surface area contributed by atoms with Gasteiger partial charge >= 0.3 is 0 Å². The molecule has 0 aromatic heterocycles. The highest BCUT2D eigenvalue weighted by Crippen LogP contribution is 2.22. The summed E-state index contributed by atoms with van der Waals surface area (Å²) in [5.74, 6) is 0. The minimum absolute atomic E-state index is 0.495. The summed E-state index contributed by atoms with van der Waals surface area (Å²) in [5, 5.41) is 55.0. The predicted octanol–water partition coefficient (Wildman–Crippen LogP) is -3.84. The standard InChI is InChI=1S/C9H18O8/c10-1-4(2-11)16-9-8(15)7(14)6(13)5(3-12)17-9/h4-15H,1-3H2/t5?,6-,7+,8?,9-/m1/s1. The Balaban J connectivity index is 2.65. The number of aliphatic hydroxyl groups is 6. The Morgan fingerprint density at radius 2 is 1.53 bits per heavy atom. The Labute approximate surface area is 97.6 Å². The first-order valence-electron chi connectivity index (χ1n) is 5.22. The first-order valence-corrected chi connectivity index (χ1v) is 5.22. The van der Waals surface area contributed by atoms with E-state index in [1.165, 1.54) is 0 Å². The summed E-state index contributed by atoms with van der Waals surface area (Å²) in [6, 6.07) is 0. The molecule has 0 radical (unpaired) electrons. The van der Waals surface area contributed by atoms with Crippen LogP contribution in [0.2, 0.25) is 0 Å². The van der Waals surface area contributed by atoms with E-state index in [0.29, 0.717) is 0 Å². The van der Waals surface area contributed by atoms with E-state index in [1.54, 1.807) is 0 Å². The Morgan fingerprint density at radius 3 is 2.00 bits per heavy atom.